The molecule has 0 fully saturated rings. The number of para-hydroxylation sites is 1. The maximum Gasteiger partial charge on any atom is 0.152 e. The molecule has 6 heteroatoms. The average molecular weight is 246 g/mol. The second-order valence-corrected chi connectivity index (χ2v) is 3.50. The summed E-state index contributed by atoms with van der Waals surface area (Å²) in [5.74, 6) is 0.155. The minimum absolute atomic E-state index is 0.144. The molecule has 0 bridgehead atoms. The molecular weight excluding hydrogens is 240 g/mol. The average Bonchev–Trinajstić information content (AvgIpc) is 2.65. The van der Waals surface area contributed by atoms with Gasteiger partial charge in [-0.25, -0.2) is 4.39 Å². The van der Waals surface area contributed by atoms with E-state index in [1.807, 2.05) is 0 Å². The Morgan fingerprint density at radius 1 is 1.40 bits per heavy atom. The molecule has 0 N–H and O–H groups in total. The van der Waals surface area contributed by atoms with Gasteiger partial charge in [0, 0.05) is 0 Å². The molecule has 0 saturated heterocycles. The van der Waals surface area contributed by atoms with Crippen LogP contribution in [0.25, 0.3) is 5.69 Å². The third-order valence-corrected chi connectivity index (χ3v) is 2.46. The van der Waals surface area contributed by atoms with Crippen LogP contribution in [0.3, 0.4) is 0 Å². The van der Waals surface area contributed by atoms with Gasteiger partial charge in [0.05, 0.1) is 10.9 Å². The highest BCUT2D eigenvalue weighted by molar-refractivity contribution is 6.32. The predicted molar refractivity (Wildman–Crippen MR) is 55.9 cm³/mol. The van der Waals surface area contributed by atoms with Crippen LogP contribution < -0.4 is 0 Å². The minimum atomic E-state index is -0.436. The number of alkyl halides is 1. The fourth-order valence-corrected chi connectivity index (χ4v) is 1.69. The number of rotatable bonds is 2. The van der Waals surface area contributed by atoms with E-state index in [0.717, 1.165) is 0 Å². The smallest absolute Gasteiger partial charge is 0.152 e. The number of hydrogen-bond acceptors (Lipinski definition) is 2. The highest BCUT2D eigenvalue weighted by atomic mass is 35.5. The molecule has 0 aliphatic carbocycles. The molecule has 3 nitrogen and oxygen atoms in total. The highest BCUT2D eigenvalue weighted by Crippen LogP contribution is 2.24. The summed E-state index contributed by atoms with van der Waals surface area (Å²) in [6.45, 7) is 0. The van der Waals surface area contributed by atoms with Crippen LogP contribution in [0.1, 0.15) is 5.82 Å². The van der Waals surface area contributed by atoms with E-state index in [1.165, 1.54) is 23.0 Å². The van der Waals surface area contributed by atoms with Gasteiger partial charge in [0.2, 0.25) is 0 Å². The van der Waals surface area contributed by atoms with Crippen LogP contribution in [0.15, 0.2) is 24.5 Å². The normalized spacial score (nSPS) is 10.6. The third-order valence-electron chi connectivity index (χ3n) is 1.92. The molecule has 2 aromatic rings. The van der Waals surface area contributed by atoms with Crippen molar-refractivity contribution >= 4 is 23.2 Å². The molecule has 78 valence electrons. The Hall–Kier alpha value is -1.13. The van der Waals surface area contributed by atoms with Crippen molar-refractivity contribution in [3.63, 3.8) is 0 Å². The van der Waals surface area contributed by atoms with Gasteiger partial charge in [-0.05, 0) is 12.1 Å². The van der Waals surface area contributed by atoms with E-state index in [9.17, 15) is 4.39 Å². The molecule has 15 heavy (non-hydrogen) atoms. The van der Waals surface area contributed by atoms with Crippen LogP contribution in [0.2, 0.25) is 5.02 Å². The lowest BCUT2D eigenvalue weighted by molar-refractivity contribution is 0.616. The van der Waals surface area contributed by atoms with E-state index < -0.39 is 5.82 Å². The Balaban J connectivity index is 2.63. The Kier molecular flexibility index (Phi) is 2.88. The minimum Gasteiger partial charge on any atom is -0.280 e. The van der Waals surface area contributed by atoms with Crippen molar-refractivity contribution in [1.29, 1.82) is 0 Å². The molecule has 0 amide bonds. The molecule has 0 unspecified atom stereocenters. The van der Waals surface area contributed by atoms with Gasteiger partial charge >= 0.3 is 0 Å². The number of hydrogen-bond donors (Lipinski definition) is 0. The summed E-state index contributed by atoms with van der Waals surface area (Å²) in [6.07, 6.45) is 1.38. The van der Waals surface area contributed by atoms with E-state index in [4.69, 9.17) is 23.2 Å². The monoisotopic (exact) mass is 245 g/mol. The van der Waals surface area contributed by atoms with Crippen molar-refractivity contribution in [2.45, 2.75) is 5.88 Å². The standard InChI is InChI=1S/C9H6Cl2FN3/c10-4-8-14-13-5-15(8)9-6(11)2-1-3-7(9)12/h1-3,5H,4H2. The topological polar surface area (TPSA) is 30.7 Å². The Morgan fingerprint density at radius 3 is 2.87 bits per heavy atom. The summed E-state index contributed by atoms with van der Waals surface area (Å²) >= 11 is 11.5. The number of aromatic nitrogens is 3. The lowest BCUT2D eigenvalue weighted by Gasteiger charge is -2.07. The summed E-state index contributed by atoms with van der Waals surface area (Å²) in [5.41, 5.74) is 0.222. The Morgan fingerprint density at radius 2 is 2.20 bits per heavy atom. The van der Waals surface area contributed by atoms with E-state index in [-0.39, 0.29) is 11.6 Å². The third kappa shape index (κ3) is 1.82. The maximum absolute atomic E-state index is 13.5. The van der Waals surface area contributed by atoms with Crippen LogP contribution in [-0.4, -0.2) is 14.8 Å². The summed E-state index contributed by atoms with van der Waals surface area (Å²) in [4.78, 5) is 0. The van der Waals surface area contributed by atoms with E-state index in [0.29, 0.717) is 10.8 Å². The molecule has 0 aliphatic rings. The van der Waals surface area contributed by atoms with Crippen LogP contribution >= 0.6 is 23.2 Å². The predicted octanol–water partition coefficient (Wildman–Crippen LogP) is 2.80. The molecule has 1 aromatic carbocycles. The number of nitrogens with zero attached hydrogens (tertiary/aromatic N) is 3. The van der Waals surface area contributed by atoms with Crippen molar-refractivity contribution in [3.8, 4) is 5.69 Å². The first kappa shape index (κ1) is 10.4. The molecule has 0 radical (unpaired) electrons. The molecule has 2 rings (SSSR count). The van der Waals surface area contributed by atoms with Crippen LogP contribution in [0, 0.1) is 5.82 Å². The number of benzene rings is 1. The molecule has 0 saturated carbocycles. The van der Waals surface area contributed by atoms with E-state index in [1.54, 1.807) is 6.07 Å². The van der Waals surface area contributed by atoms with Gasteiger partial charge in [-0.15, -0.1) is 21.8 Å². The van der Waals surface area contributed by atoms with Crippen molar-refractivity contribution in [2.24, 2.45) is 0 Å². The second kappa shape index (κ2) is 4.16. The van der Waals surface area contributed by atoms with Crippen LogP contribution in [0.4, 0.5) is 4.39 Å². The maximum atomic E-state index is 13.5. The van der Waals surface area contributed by atoms with Gasteiger partial charge < -0.3 is 0 Å². The molecule has 1 aromatic heterocycles. The molecular formula is C9H6Cl2FN3. The second-order valence-electron chi connectivity index (χ2n) is 2.82. The SMILES string of the molecule is Fc1cccc(Cl)c1-n1cnnc1CCl. The zero-order valence-electron chi connectivity index (χ0n) is 7.49. The van der Waals surface area contributed by atoms with Gasteiger partial charge in [0.1, 0.15) is 17.8 Å². The molecule has 0 spiro atoms. The van der Waals surface area contributed by atoms with Gasteiger partial charge in [-0.1, -0.05) is 17.7 Å². The van der Waals surface area contributed by atoms with Crippen molar-refractivity contribution < 1.29 is 4.39 Å². The first-order valence-electron chi connectivity index (χ1n) is 4.13. The quantitative estimate of drug-likeness (QED) is 0.763. The first-order chi connectivity index (χ1) is 7.24. The molecule has 0 atom stereocenters. The first-order valence-corrected chi connectivity index (χ1v) is 5.04. The number of halogens is 3. The van der Waals surface area contributed by atoms with Crippen LogP contribution in [0.5, 0.6) is 0 Å². The summed E-state index contributed by atoms with van der Waals surface area (Å²) in [5, 5.41) is 7.70. The molecule has 0 aliphatic heterocycles. The molecule has 1 heterocycles. The summed E-state index contributed by atoms with van der Waals surface area (Å²) in [7, 11) is 0. The van der Waals surface area contributed by atoms with Gasteiger partial charge in [-0.3, -0.25) is 4.57 Å². The Labute approximate surface area is 95.5 Å². The fraction of sp³-hybridized carbons (Fsp3) is 0.111. The Bertz CT molecular complexity index is 464. The lowest BCUT2D eigenvalue weighted by Crippen LogP contribution is -2.01. The zero-order chi connectivity index (χ0) is 10.8. The van der Waals surface area contributed by atoms with Gasteiger partial charge in [0.15, 0.2) is 5.82 Å². The van der Waals surface area contributed by atoms with Gasteiger partial charge in [0.25, 0.3) is 0 Å². The van der Waals surface area contributed by atoms with Crippen molar-refractivity contribution in [1.82, 2.24) is 14.8 Å². The lowest BCUT2D eigenvalue weighted by atomic mass is 10.3. The highest BCUT2D eigenvalue weighted by Gasteiger charge is 2.12. The van der Waals surface area contributed by atoms with Crippen molar-refractivity contribution in [2.75, 3.05) is 0 Å². The van der Waals surface area contributed by atoms with Gasteiger partial charge in [-0.2, -0.15) is 0 Å². The van der Waals surface area contributed by atoms with E-state index >= 15 is 0 Å². The summed E-state index contributed by atoms with van der Waals surface area (Å²) in [6, 6.07) is 4.45. The summed E-state index contributed by atoms with van der Waals surface area (Å²) < 4.78 is 15.0. The largest absolute Gasteiger partial charge is 0.280 e. The van der Waals surface area contributed by atoms with E-state index in [2.05, 4.69) is 10.2 Å². The van der Waals surface area contributed by atoms with Crippen LogP contribution in [-0.2, 0) is 5.88 Å². The van der Waals surface area contributed by atoms with Crippen molar-refractivity contribution in [3.05, 3.63) is 41.2 Å². The fourth-order valence-electron chi connectivity index (χ4n) is 1.26. The zero-order valence-corrected chi connectivity index (χ0v) is 9.00.